The first-order chi connectivity index (χ1) is 9.02. The number of aryl methyl sites for hydroxylation is 2. The van der Waals surface area contributed by atoms with Gasteiger partial charge < -0.3 is 9.84 Å². The van der Waals surface area contributed by atoms with Crippen molar-refractivity contribution in [3.8, 4) is 5.75 Å². The van der Waals surface area contributed by atoms with Gasteiger partial charge in [0.05, 0.1) is 12.0 Å². The molecule has 0 atom stereocenters. The van der Waals surface area contributed by atoms with Gasteiger partial charge in [0.15, 0.2) is 0 Å². The molecule has 1 saturated carbocycles. The van der Waals surface area contributed by atoms with Crippen LogP contribution in [0, 0.1) is 19.3 Å². The van der Waals surface area contributed by atoms with Crippen LogP contribution in [0.15, 0.2) is 18.2 Å². The lowest BCUT2D eigenvalue weighted by Gasteiger charge is -2.23. The number of rotatable bonds is 5. The summed E-state index contributed by atoms with van der Waals surface area (Å²) in [5.41, 5.74) is 1.80. The molecule has 19 heavy (non-hydrogen) atoms. The second-order valence-corrected chi connectivity index (χ2v) is 5.71. The molecule has 0 unspecified atom stereocenters. The number of benzene rings is 1. The summed E-state index contributed by atoms with van der Waals surface area (Å²) in [4.78, 5) is 11.4. The molecule has 2 rings (SSSR count). The Hall–Kier alpha value is -1.51. The largest absolute Gasteiger partial charge is 0.494 e. The number of carbonyl (C=O) groups is 1. The van der Waals surface area contributed by atoms with Crippen molar-refractivity contribution in [3.05, 3.63) is 29.3 Å². The molecule has 0 aliphatic heterocycles. The van der Waals surface area contributed by atoms with E-state index in [1.54, 1.807) is 0 Å². The molecule has 1 aromatic rings. The van der Waals surface area contributed by atoms with Crippen LogP contribution in [0.1, 0.15) is 43.2 Å². The smallest absolute Gasteiger partial charge is 0.309 e. The first kappa shape index (κ1) is 13.9. The van der Waals surface area contributed by atoms with E-state index in [1.165, 1.54) is 11.1 Å². The van der Waals surface area contributed by atoms with Gasteiger partial charge in [0.1, 0.15) is 5.75 Å². The number of hydrogen-bond acceptors (Lipinski definition) is 2. The van der Waals surface area contributed by atoms with Crippen molar-refractivity contribution in [3.63, 3.8) is 0 Å². The molecular weight excluding hydrogens is 240 g/mol. The van der Waals surface area contributed by atoms with E-state index in [0.717, 1.165) is 31.4 Å². The summed E-state index contributed by atoms with van der Waals surface area (Å²) in [5.74, 6) is 0.185. The highest BCUT2D eigenvalue weighted by Gasteiger charge is 2.40. The number of carboxylic acids is 1. The molecule has 0 bridgehead atoms. The van der Waals surface area contributed by atoms with Crippen molar-refractivity contribution in [2.75, 3.05) is 6.61 Å². The molecule has 1 N–H and O–H groups in total. The van der Waals surface area contributed by atoms with Crippen molar-refractivity contribution in [2.45, 2.75) is 46.0 Å². The Bertz CT molecular complexity index is 439. The molecule has 0 amide bonds. The van der Waals surface area contributed by atoms with Gasteiger partial charge in [0, 0.05) is 0 Å². The third-order valence-corrected chi connectivity index (χ3v) is 4.06. The lowest BCUT2D eigenvalue weighted by atomic mass is 9.83. The minimum Gasteiger partial charge on any atom is -0.494 e. The van der Waals surface area contributed by atoms with Gasteiger partial charge in [0.25, 0.3) is 0 Å². The van der Waals surface area contributed by atoms with Gasteiger partial charge in [-0.2, -0.15) is 0 Å². The Morgan fingerprint density at radius 1 is 1.21 bits per heavy atom. The predicted molar refractivity (Wildman–Crippen MR) is 74.6 cm³/mol. The van der Waals surface area contributed by atoms with Gasteiger partial charge in [-0.05, 0) is 56.4 Å². The van der Waals surface area contributed by atoms with Gasteiger partial charge in [-0.3, -0.25) is 4.79 Å². The van der Waals surface area contributed by atoms with Crippen LogP contribution in [-0.4, -0.2) is 17.7 Å². The second kappa shape index (κ2) is 5.64. The first-order valence-electron chi connectivity index (χ1n) is 6.96. The van der Waals surface area contributed by atoms with E-state index >= 15 is 0 Å². The molecular formula is C16H22O3. The fourth-order valence-electron chi connectivity index (χ4n) is 3.00. The van der Waals surface area contributed by atoms with Crippen LogP contribution in [0.3, 0.4) is 0 Å². The van der Waals surface area contributed by atoms with Gasteiger partial charge in [-0.25, -0.2) is 0 Å². The van der Waals surface area contributed by atoms with Crippen LogP contribution in [-0.2, 0) is 4.79 Å². The maximum Gasteiger partial charge on any atom is 0.309 e. The molecule has 0 aromatic heterocycles. The maximum atomic E-state index is 11.4. The third-order valence-electron chi connectivity index (χ3n) is 4.06. The van der Waals surface area contributed by atoms with E-state index in [0.29, 0.717) is 13.0 Å². The fourth-order valence-corrected chi connectivity index (χ4v) is 3.00. The second-order valence-electron chi connectivity index (χ2n) is 5.71. The number of carboxylic acid groups (broad SMARTS) is 1. The van der Waals surface area contributed by atoms with Crippen molar-refractivity contribution in [1.29, 1.82) is 0 Å². The Morgan fingerprint density at radius 3 is 2.32 bits per heavy atom. The standard InChI is InChI=1S/C16H22O3/c1-12-9-13(2)11-14(10-12)19-8-7-16(15(17)18)5-3-4-6-16/h9-11H,3-8H2,1-2H3,(H,17,18). The summed E-state index contributed by atoms with van der Waals surface area (Å²) in [5, 5.41) is 9.39. The number of ether oxygens (including phenoxy) is 1. The molecule has 1 aliphatic rings. The molecule has 3 nitrogen and oxygen atoms in total. The van der Waals surface area contributed by atoms with E-state index in [9.17, 15) is 9.90 Å². The van der Waals surface area contributed by atoms with Crippen molar-refractivity contribution in [2.24, 2.45) is 5.41 Å². The summed E-state index contributed by atoms with van der Waals surface area (Å²) in [6, 6.07) is 6.09. The van der Waals surface area contributed by atoms with Crippen LogP contribution >= 0.6 is 0 Å². The van der Waals surface area contributed by atoms with E-state index < -0.39 is 11.4 Å². The lowest BCUT2D eigenvalue weighted by Crippen LogP contribution is -2.29. The Labute approximate surface area is 114 Å². The Morgan fingerprint density at radius 2 is 1.79 bits per heavy atom. The fraction of sp³-hybridized carbons (Fsp3) is 0.562. The van der Waals surface area contributed by atoms with E-state index in [-0.39, 0.29) is 0 Å². The SMILES string of the molecule is Cc1cc(C)cc(OCCC2(C(=O)O)CCCC2)c1. The Balaban J connectivity index is 1.93. The van der Waals surface area contributed by atoms with Crippen molar-refractivity contribution in [1.82, 2.24) is 0 Å². The number of aliphatic carboxylic acids is 1. The zero-order chi connectivity index (χ0) is 13.9. The summed E-state index contributed by atoms with van der Waals surface area (Å²) < 4.78 is 5.74. The lowest BCUT2D eigenvalue weighted by molar-refractivity contribution is -0.149. The number of hydrogen-bond donors (Lipinski definition) is 1. The Kier molecular flexibility index (Phi) is 4.13. The van der Waals surface area contributed by atoms with E-state index in [1.807, 2.05) is 26.0 Å². The quantitative estimate of drug-likeness (QED) is 0.879. The molecule has 1 fully saturated rings. The molecule has 0 spiro atoms. The van der Waals surface area contributed by atoms with E-state index in [2.05, 4.69) is 6.07 Å². The highest BCUT2D eigenvalue weighted by molar-refractivity contribution is 5.74. The highest BCUT2D eigenvalue weighted by atomic mass is 16.5. The van der Waals surface area contributed by atoms with Crippen LogP contribution in [0.4, 0.5) is 0 Å². The maximum absolute atomic E-state index is 11.4. The summed E-state index contributed by atoms with van der Waals surface area (Å²) in [6.07, 6.45) is 4.23. The average Bonchev–Trinajstić information content (AvgIpc) is 2.77. The predicted octanol–water partition coefficient (Wildman–Crippen LogP) is 3.72. The van der Waals surface area contributed by atoms with Gasteiger partial charge in [-0.15, -0.1) is 0 Å². The normalized spacial score (nSPS) is 17.4. The highest BCUT2D eigenvalue weighted by Crippen LogP contribution is 2.41. The molecule has 104 valence electrons. The van der Waals surface area contributed by atoms with Crippen LogP contribution in [0.5, 0.6) is 5.75 Å². The molecule has 0 saturated heterocycles. The van der Waals surface area contributed by atoms with Gasteiger partial charge in [0.2, 0.25) is 0 Å². The minimum atomic E-state index is -0.658. The molecule has 1 aliphatic carbocycles. The van der Waals surface area contributed by atoms with Gasteiger partial charge in [-0.1, -0.05) is 18.9 Å². The zero-order valence-corrected chi connectivity index (χ0v) is 11.7. The average molecular weight is 262 g/mol. The van der Waals surface area contributed by atoms with Crippen molar-refractivity contribution < 1.29 is 14.6 Å². The first-order valence-corrected chi connectivity index (χ1v) is 6.96. The van der Waals surface area contributed by atoms with Crippen molar-refractivity contribution >= 4 is 5.97 Å². The van der Waals surface area contributed by atoms with Gasteiger partial charge >= 0.3 is 5.97 Å². The van der Waals surface area contributed by atoms with Crippen LogP contribution in [0.2, 0.25) is 0 Å². The summed E-state index contributed by atoms with van der Waals surface area (Å²) in [6.45, 7) is 4.56. The third kappa shape index (κ3) is 3.28. The molecule has 3 heteroatoms. The molecule has 0 heterocycles. The monoisotopic (exact) mass is 262 g/mol. The summed E-state index contributed by atoms with van der Waals surface area (Å²) in [7, 11) is 0. The summed E-state index contributed by atoms with van der Waals surface area (Å²) >= 11 is 0. The van der Waals surface area contributed by atoms with E-state index in [4.69, 9.17) is 4.74 Å². The minimum absolute atomic E-state index is 0.481. The molecule has 0 radical (unpaired) electrons. The zero-order valence-electron chi connectivity index (χ0n) is 11.7. The molecule has 1 aromatic carbocycles. The topological polar surface area (TPSA) is 46.5 Å². The van der Waals surface area contributed by atoms with Crippen LogP contribution in [0.25, 0.3) is 0 Å². The van der Waals surface area contributed by atoms with Crippen LogP contribution < -0.4 is 4.74 Å².